The Labute approximate surface area is 86.5 Å². The number of rotatable bonds is 4. The van der Waals surface area contributed by atoms with Gasteiger partial charge in [0.15, 0.2) is 0 Å². The highest BCUT2D eigenvalue weighted by molar-refractivity contribution is 6.29. The van der Waals surface area contributed by atoms with Crippen LogP contribution in [0.5, 0.6) is 0 Å². The average molecular weight is 216 g/mol. The first-order chi connectivity index (χ1) is 6.63. The van der Waals surface area contributed by atoms with E-state index in [1.807, 2.05) is 0 Å². The zero-order chi connectivity index (χ0) is 10.6. The number of carboxylic acid groups (broad SMARTS) is 1. The Morgan fingerprint density at radius 2 is 2.36 bits per heavy atom. The summed E-state index contributed by atoms with van der Waals surface area (Å²) in [7, 11) is 1.57. The highest BCUT2D eigenvalue weighted by Crippen LogP contribution is 2.11. The molecule has 1 aromatic heterocycles. The zero-order valence-corrected chi connectivity index (χ0v) is 8.41. The molecule has 0 saturated carbocycles. The Balaban J connectivity index is 2.89. The number of aromatic nitrogens is 1. The Morgan fingerprint density at radius 3 is 2.93 bits per heavy atom. The van der Waals surface area contributed by atoms with E-state index < -0.39 is 5.97 Å². The second kappa shape index (κ2) is 4.93. The van der Waals surface area contributed by atoms with Crippen molar-refractivity contribution >= 4 is 17.6 Å². The van der Waals surface area contributed by atoms with E-state index >= 15 is 0 Å². The lowest BCUT2D eigenvalue weighted by atomic mass is 10.2. The van der Waals surface area contributed by atoms with Crippen LogP contribution in [0.4, 0.5) is 0 Å². The number of carbonyl (C=O) groups is 1. The molecule has 0 fully saturated rings. The third-order valence-corrected chi connectivity index (χ3v) is 1.85. The van der Waals surface area contributed by atoms with Gasteiger partial charge in [-0.25, -0.2) is 9.78 Å². The third kappa shape index (κ3) is 2.97. The van der Waals surface area contributed by atoms with Crippen molar-refractivity contribution in [2.75, 3.05) is 13.7 Å². The number of methoxy groups -OCH3 is 1. The Bertz CT molecular complexity index is 341. The molecule has 0 aliphatic rings. The minimum absolute atomic E-state index is 0.149. The van der Waals surface area contributed by atoms with E-state index in [1.54, 1.807) is 7.11 Å². The summed E-state index contributed by atoms with van der Waals surface area (Å²) in [6.07, 6.45) is 0.553. The summed E-state index contributed by atoms with van der Waals surface area (Å²) in [6.45, 7) is 0.492. The van der Waals surface area contributed by atoms with Gasteiger partial charge in [-0.3, -0.25) is 0 Å². The van der Waals surface area contributed by atoms with Crippen LogP contribution in [0, 0.1) is 0 Å². The molecular weight excluding hydrogens is 206 g/mol. The topological polar surface area (TPSA) is 59.4 Å². The van der Waals surface area contributed by atoms with Crippen LogP contribution in [0.25, 0.3) is 0 Å². The molecule has 0 aliphatic carbocycles. The van der Waals surface area contributed by atoms with Crippen molar-refractivity contribution in [3.8, 4) is 0 Å². The van der Waals surface area contributed by atoms with Gasteiger partial charge in [0.2, 0.25) is 0 Å². The van der Waals surface area contributed by atoms with Crippen molar-refractivity contribution in [1.82, 2.24) is 4.98 Å². The van der Waals surface area contributed by atoms with E-state index in [4.69, 9.17) is 21.4 Å². The van der Waals surface area contributed by atoms with Crippen molar-refractivity contribution in [2.24, 2.45) is 0 Å². The van der Waals surface area contributed by atoms with Crippen LogP contribution in [0.1, 0.15) is 16.1 Å². The summed E-state index contributed by atoms with van der Waals surface area (Å²) in [5.74, 6) is -1.01. The predicted octanol–water partition coefficient (Wildman–Crippen LogP) is 1.62. The molecule has 0 spiro atoms. The van der Waals surface area contributed by atoms with Crippen molar-refractivity contribution in [2.45, 2.75) is 6.42 Å². The van der Waals surface area contributed by atoms with E-state index in [1.165, 1.54) is 12.1 Å². The first kappa shape index (κ1) is 10.9. The zero-order valence-electron chi connectivity index (χ0n) is 7.66. The van der Waals surface area contributed by atoms with E-state index in [0.29, 0.717) is 18.7 Å². The fourth-order valence-corrected chi connectivity index (χ4v) is 1.24. The monoisotopic (exact) mass is 215 g/mol. The smallest absolute Gasteiger partial charge is 0.335 e. The molecule has 0 atom stereocenters. The van der Waals surface area contributed by atoms with Crippen molar-refractivity contribution < 1.29 is 14.6 Å². The molecule has 0 bridgehead atoms. The van der Waals surface area contributed by atoms with Gasteiger partial charge in [0, 0.05) is 19.2 Å². The maximum Gasteiger partial charge on any atom is 0.335 e. The van der Waals surface area contributed by atoms with Gasteiger partial charge in [0.25, 0.3) is 0 Å². The summed E-state index contributed by atoms with van der Waals surface area (Å²) in [4.78, 5) is 14.6. The highest BCUT2D eigenvalue weighted by atomic mass is 35.5. The quantitative estimate of drug-likeness (QED) is 0.776. The van der Waals surface area contributed by atoms with Crippen LogP contribution in [0.15, 0.2) is 12.1 Å². The first-order valence-electron chi connectivity index (χ1n) is 4.02. The second-order valence-electron chi connectivity index (χ2n) is 2.72. The van der Waals surface area contributed by atoms with Crippen LogP contribution in [-0.4, -0.2) is 29.8 Å². The maximum atomic E-state index is 10.7. The minimum Gasteiger partial charge on any atom is -0.478 e. The number of hydrogen-bond donors (Lipinski definition) is 1. The Hall–Kier alpha value is -1.13. The molecular formula is C9H10ClNO3. The summed E-state index contributed by atoms with van der Waals surface area (Å²) < 4.78 is 4.86. The van der Waals surface area contributed by atoms with Gasteiger partial charge >= 0.3 is 5.97 Å². The van der Waals surface area contributed by atoms with Gasteiger partial charge in [-0.15, -0.1) is 0 Å². The van der Waals surface area contributed by atoms with E-state index in [2.05, 4.69) is 4.98 Å². The van der Waals surface area contributed by atoms with Crippen molar-refractivity contribution in [1.29, 1.82) is 0 Å². The van der Waals surface area contributed by atoms with E-state index in [0.717, 1.165) is 0 Å². The normalized spacial score (nSPS) is 10.1. The highest BCUT2D eigenvalue weighted by Gasteiger charge is 2.06. The number of carboxylic acids is 1. The van der Waals surface area contributed by atoms with Crippen LogP contribution in [0.2, 0.25) is 5.15 Å². The lowest BCUT2D eigenvalue weighted by Crippen LogP contribution is -2.02. The van der Waals surface area contributed by atoms with Gasteiger partial charge in [0.1, 0.15) is 5.15 Å². The first-order valence-corrected chi connectivity index (χ1v) is 4.40. The maximum absolute atomic E-state index is 10.7. The average Bonchev–Trinajstić information content (AvgIpc) is 2.14. The fraction of sp³-hybridized carbons (Fsp3) is 0.333. The lowest BCUT2D eigenvalue weighted by molar-refractivity contribution is 0.0696. The van der Waals surface area contributed by atoms with E-state index in [-0.39, 0.29) is 10.7 Å². The van der Waals surface area contributed by atoms with Crippen molar-refractivity contribution in [3.05, 3.63) is 28.5 Å². The number of hydrogen-bond acceptors (Lipinski definition) is 3. The molecule has 0 unspecified atom stereocenters. The fourth-order valence-electron chi connectivity index (χ4n) is 1.01. The van der Waals surface area contributed by atoms with Crippen LogP contribution in [0.3, 0.4) is 0 Å². The van der Waals surface area contributed by atoms with Gasteiger partial charge in [0.05, 0.1) is 12.2 Å². The number of halogens is 1. The Morgan fingerprint density at radius 1 is 1.64 bits per heavy atom. The second-order valence-corrected chi connectivity index (χ2v) is 3.11. The largest absolute Gasteiger partial charge is 0.478 e. The molecule has 1 heterocycles. The number of pyridine rings is 1. The number of nitrogens with zero attached hydrogens (tertiary/aromatic N) is 1. The molecule has 0 aliphatic heterocycles. The summed E-state index contributed by atoms with van der Waals surface area (Å²) in [5.41, 5.74) is 0.771. The minimum atomic E-state index is -1.01. The SMILES string of the molecule is COCCc1cc(C(=O)O)cc(Cl)n1. The van der Waals surface area contributed by atoms with Gasteiger partial charge in [-0.1, -0.05) is 11.6 Å². The summed E-state index contributed by atoms with van der Waals surface area (Å²) in [5, 5.41) is 8.93. The van der Waals surface area contributed by atoms with Crippen LogP contribution < -0.4 is 0 Å². The number of aromatic carboxylic acids is 1. The number of ether oxygens (including phenoxy) is 1. The van der Waals surface area contributed by atoms with Crippen molar-refractivity contribution in [3.63, 3.8) is 0 Å². The van der Waals surface area contributed by atoms with Gasteiger partial charge in [-0.2, -0.15) is 0 Å². The molecule has 14 heavy (non-hydrogen) atoms. The molecule has 1 N–H and O–H groups in total. The molecule has 0 aromatic carbocycles. The third-order valence-electron chi connectivity index (χ3n) is 1.66. The predicted molar refractivity (Wildman–Crippen MR) is 51.8 cm³/mol. The summed E-state index contributed by atoms with van der Waals surface area (Å²) in [6, 6.07) is 2.81. The van der Waals surface area contributed by atoms with Gasteiger partial charge < -0.3 is 9.84 Å². The summed E-state index contributed by atoms with van der Waals surface area (Å²) >= 11 is 5.66. The molecule has 0 amide bonds. The molecule has 1 aromatic rings. The standard InChI is InChI=1S/C9H10ClNO3/c1-14-3-2-7-4-6(9(12)13)5-8(10)11-7/h4-5H,2-3H2,1H3,(H,12,13). The molecule has 1 rings (SSSR count). The molecule has 5 heteroatoms. The van der Waals surface area contributed by atoms with Gasteiger partial charge in [-0.05, 0) is 12.1 Å². The molecule has 0 saturated heterocycles. The molecule has 4 nitrogen and oxygen atoms in total. The molecule has 76 valence electrons. The Kier molecular flexibility index (Phi) is 3.85. The lowest BCUT2D eigenvalue weighted by Gasteiger charge is -2.02. The van der Waals surface area contributed by atoms with Crippen LogP contribution in [-0.2, 0) is 11.2 Å². The van der Waals surface area contributed by atoms with E-state index in [9.17, 15) is 4.79 Å². The van der Waals surface area contributed by atoms with Crippen LogP contribution >= 0.6 is 11.6 Å². The molecule has 0 radical (unpaired) electrons.